The van der Waals surface area contributed by atoms with Gasteiger partial charge in [-0.3, -0.25) is 0 Å². The molecule has 0 spiro atoms. The molecule has 0 saturated carbocycles. The normalized spacial score (nSPS) is 40.9. The molecule has 1 N–H and O–H groups in total. The summed E-state index contributed by atoms with van der Waals surface area (Å²) in [5.41, 5.74) is 0. The monoisotopic (exact) mass is 287 g/mol. The van der Waals surface area contributed by atoms with Gasteiger partial charge < -0.3 is 0 Å². The van der Waals surface area contributed by atoms with Gasteiger partial charge in [0, 0.05) is 7.05 Å². The fourth-order valence-corrected chi connectivity index (χ4v) is 6.67. The highest BCUT2D eigenvalue weighted by Gasteiger charge is 2.50. The second kappa shape index (κ2) is 2.92. The lowest BCUT2D eigenvalue weighted by atomic mass is 11.6. The average Bonchev–Trinajstić information content (AvgIpc) is 1.98. The Morgan fingerprint density at radius 3 is 2.33 bits per heavy atom. The van der Waals surface area contributed by atoms with E-state index in [9.17, 15) is 24.6 Å². The average molecular weight is 287 g/mol. The summed E-state index contributed by atoms with van der Waals surface area (Å²) in [6.45, 7) is 0. The van der Waals surface area contributed by atoms with Crippen molar-refractivity contribution >= 4 is 30.6 Å². The van der Waals surface area contributed by atoms with Gasteiger partial charge in [0.1, 0.15) is 0 Å². The Morgan fingerprint density at radius 1 is 1.47 bits per heavy atom. The second-order valence-corrected chi connectivity index (χ2v) is 8.65. The van der Waals surface area contributed by atoms with Gasteiger partial charge in [0.15, 0.2) is 0 Å². The molecule has 1 aliphatic heterocycles. The molecule has 92 valence electrons. The van der Waals surface area contributed by atoms with Crippen LogP contribution in [0.15, 0.2) is 3.77 Å². The molecule has 0 aromatic rings. The van der Waals surface area contributed by atoms with Crippen molar-refractivity contribution in [1.29, 1.82) is 0 Å². The number of hydrogen-bond donors (Lipinski definition) is 1. The molecule has 15 heavy (non-hydrogen) atoms. The van der Waals surface area contributed by atoms with Crippen LogP contribution < -0.4 is 4.13 Å². The van der Waals surface area contributed by atoms with E-state index in [1.807, 2.05) is 0 Å². The third kappa shape index (κ3) is 2.02. The first-order valence-corrected chi connectivity index (χ1v) is 7.70. The van der Waals surface area contributed by atoms with Crippen LogP contribution in [0.5, 0.6) is 0 Å². The Labute approximate surface area is 85.5 Å². The van der Waals surface area contributed by atoms with Crippen molar-refractivity contribution in [1.82, 2.24) is 7.84 Å². The van der Waals surface area contributed by atoms with Gasteiger partial charge in [-0.1, -0.05) is 11.8 Å². The highest BCUT2D eigenvalue weighted by atomic mass is 32.4. The van der Waals surface area contributed by atoms with E-state index < -0.39 is 34.3 Å². The number of hydrogen-bond acceptors (Lipinski definition) is 5. The van der Waals surface area contributed by atoms with Crippen molar-refractivity contribution in [2.45, 2.75) is 0 Å². The molecule has 0 amide bonds. The summed E-state index contributed by atoms with van der Waals surface area (Å²) in [4.78, 5) is 0. The van der Waals surface area contributed by atoms with Crippen LogP contribution >= 0.6 is 0 Å². The molecule has 0 fully saturated rings. The van der Waals surface area contributed by atoms with Crippen LogP contribution in [0, 0.1) is 0 Å². The predicted molar refractivity (Wildman–Crippen MR) is 47.8 cm³/mol. The number of nitrogens with zero attached hydrogens (tertiary/aromatic N) is 2. The Kier molecular flexibility index (Phi) is 2.50. The van der Waals surface area contributed by atoms with E-state index in [-0.39, 0.29) is 0 Å². The second-order valence-electron chi connectivity index (χ2n) is 2.42. The zero-order valence-electron chi connectivity index (χ0n) is 7.42. The van der Waals surface area contributed by atoms with Gasteiger partial charge in [0.05, 0.1) is 17.2 Å². The van der Waals surface area contributed by atoms with Crippen molar-refractivity contribution in [2.24, 2.45) is 3.77 Å². The van der Waals surface area contributed by atoms with E-state index >= 15 is 0 Å². The lowest BCUT2D eigenvalue weighted by molar-refractivity contribution is 0.327. The lowest BCUT2D eigenvalue weighted by Gasteiger charge is -2.43. The van der Waals surface area contributed by atoms with Crippen LogP contribution in [0.1, 0.15) is 0 Å². The summed E-state index contributed by atoms with van der Waals surface area (Å²) in [5, 5.41) is 0. The zero-order chi connectivity index (χ0) is 12.1. The molecule has 13 heteroatoms. The van der Waals surface area contributed by atoms with Crippen molar-refractivity contribution in [3.63, 3.8) is 0 Å². The topological polar surface area (TPSA) is 105 Å². The molecule has 0 radical (unpaired) electrons. The third-order valence-corrected chi connectivity index (χ3v) is 8.34. The van der Waals surface area contributed by atoms with Gasteiger partial charge >= 0.3 is 20.5 Å². The van der Waals surface area contributed by atoms with E-state index in [1.165, 1.54) is 0 Å². The van der Waals surface area contributed by atoms with Gasteiger partial charge in [-0.2, -0.15) is 12.6 Å². The molecule has 0 bridgehead atoms. The highest BCUT2D eigenvalue weighted by Crippen LogP contribution is 2.36. The fourth-order valence-electron chi connectivity index (χ4n) is 0.703. The summed E-state index contributed by atoms with van der Waals surface area (Å²) >= 11 is 0. The summed E-state index contributed by atoms with van der Waals surface area (Å²) in [5.74, 6) is 0. The van der Waals surface area contributed by atoms with Crippen LogP contribution in [0.25, 0.3) is 0 Å². The quantitative estimate of drug-likeness (QED) is 0.631. The Bertz CT molecular complexity index is 574. The molecule has 8 nitrogen and oxygen atoms in total. The molecular formula is C2H7F2N3O5S3. The molecule has 0 aromatic heterocycles. The van der Waals surface area contributed by atoms with Crippen molar-refractivity contribution in [3.8, 4) is 0 Å². The molecule has 1 atom stereocenters. The van der Waals surface area contributed by atoms with E-state index in [1.54, 1.807) is 0 Å². The maximum atomic E-state index is 13.7. The minimum atomic E-state index is -6.19. The van der Waals surface area contributed by atoms with Gasteiger partial charge in [-0.05, 0) is 3.71 Å². The smallest absolute Gasteiger partial charge is 0.241 e. The number of rotatable bonds is 1. The van der Waals surface area contributed by atoms with Gasteiger partial charge in [0.25, 0.3) is 0 Å². The lowest BCUT2D eigenvalue weighted by Crippen LogP contribution is -2.61. The van der Waals surface area contributed by atoms with E-state index in [0.29, 0.717) is 14.2 Å². The molecule has 1 rings (SSSR count). The number of nitrogens with one attached hydrogen (secondary N) is 1. The van der Waals surface area contributed by atoms with Gasteiger partial charge in [-0.15, -0.1) is 8.09 Å². The molecule has 0 saturated heterocycles. The van der Waals surface area contributed by atoms with Crippen LogP contribution in [0.3, 0.4) is 0 Å². The SMILES string of the molecule is COS1(=O)(F)NS(=O)(F)=NS(=O)(=O)N1C. The summed E-state index contributed by atoms with van der Waals surface area (Å²) < 4.78 is 76.9. The van der Waals surface area contributed by atoms with E-state index in [0.717, 1.165) is 4.13 Å². The van der Waals surface area contributed by atoms with Crippen molar-refractivity contribution in [3.05, 3.63) is 0 Å². The number of halogens is 2. The summed E-state index contributed by atoms with van der Waals surface area (Å²) in [6, 6.07) is 0. The Balaban J connectivity index is 3.68. The molecule has 1 unspecified atom stereocenters. The molecular weight excluding hydrogens is 280 g/mol. The Hall–Kier alpha value is -0.210. The maximum Gasteiger partial charge on any atom is 0.352 e. The van der Waals surface area contributed by atoms with E-state index in [2.05, 4.69) is 7.95 Å². The summed E-state index contributed by atoms with van der Waals surface area (Å²) in [6.07, 6.45) is 0. The molecule has 0 aliphatic carbocycles. The molecule has 0 aromatic carbocycles. The van der Waals surface area contributed by atoms with Crippen molar-refractivity contribution < 1.29 is 28.8 Å². The van der Waals surface area contributed by atoms with Gasteiger partial charge in [-0.25, -0.2) is 4.18 Å². The standard InChI is InChI=1S/C2H7F2N3O5S3/c1-7-14(9,10)5-13(3,8)6-15(7,4,11)12-2/h1-2H3,(H,5,6,8,11). The van der Waals surface area contributed by atoms with Crippen LogP contribution in [-0.2, 0) is 34.8 Å². The van der Waals surface area contributed by atoms with Crippen molar-refractivity contribution in [2.75, 3.05) is 14.2 Å². The predicted octanol–water partition coefficient (Wildman–Crippen LogP) is -0.870. The first-order chi connectivity index (χ1) is 6.42. The van der Waals surface area contributed by atoms with Crippen LogP contribution in [0.2, 0.25) is 0 Å². The minimum Gasteiger partial charge on any atom is -0.241 e. The fraction of sp³-hybridized carbons (Fsp3) is 1.00. The third-order valence-electron chi connectivity index (χ3n) is 1.48. The highest BCUT2D eigenvalue weighted by molar-refractivity contribution is 8.24. The molecule has 1 aliphatic rings. The van der Waals surface area contributed by atoms with E-state index in [4.69, 9.17) is 0 Å². The zero-order valence-corrected chi connectivity index (χ0v) is 9.87. The first kappa shape index (κ1) is 12.9. The first-order valence-electron chi connectivity index (χ1n) is 3.14. The maximum absolute atomic E-state index is 13.7. The minimum absolute atomic E-state index is 0.451. The Morgan fingerprint density at radius 2 is 1.93 bits per heavy atom. The largest absolute Gasteiger partial charge is 0.352 e. The summed E-state index contributed by atoms with van der Waals surface area (Å²) in [7, 11) is -15.3. The van der Waals surface area contributed by atoms with Crippen LogP contribution in [-0.4, -0.2) is 34.7 Å². The van der Waals surface area contributed by atoms with Crippen LogP contribution in [0.4, 0.5) is 7.77 Å². The van der Waals surface area contributed by atoms with Gasteiger partial charge in [0.2, 0.25) is 0 Å². The molecule has 1 heterocycles.